The fourth-order valence-corrected chi connectivity index (χ4v) is 3.30. The number of aryl methyl sites for hydroxylation is 3. The number of thiazole rings is 1. The summed E-state index contributed by atoms with van der Waals surface area (Å²) in [5.74, 6) is -0.153. The maximum Gasteiger partial charge on any atom is 0.271 e. The molecule has 1 atom stereocenters. The Morgan fingerprint density at radius 1 is 1.30 bits per heavy atom. The highest BCUT2D eigenvalue weighted by Gasteiger charge is 2.23. The Morgan fingerprint density at radius 2 is 2.04 bits per heavy atom. The molecule has 23 heavy (non-hydrogen) atoms. The van der Waals surface area contributed by atoms with Crippen molar-refractivity contribution >= 4 is 23.0 Å². The predicted octanol–water partition coefficient (Wildman–Crippen LogP) is 2.99. The Labute approximate surface area is 139 Å². The molecule has 6 heteroatoms. The summed E-state index contributed by atoms with van der Waals surface area (Å²) < 4.78 is 0. The number of rotatable bonds is 4. The molecule has 1 amide bonds. The zero-order valence-electron chi connectivity index (χ0n) is 13.4. The van der Waals surface area contributed by atoms with Gasteiger partial charge in [-0.15, -0.1) is 11.3 Å². The minimum atomic E-state index is -0.153. The molecule has 0 radical (unpaired) electrons. The van der Waals surface area contributed by atoms with Crippen molar-refractivity contribution in [3.05, 3.63) is 51.0 Å². The van der Waals surface area contributed by atoms with Crippen LogP contribution in [-0.4, -0.2) is 29.3 Å². The molecule has 3 rings (SSSR count). The highest BCUT2D eigenvalue weighted by Crippen LogP contribution is 2.18. The maximum absolute atomic E-state index is 12.2. The van der Waals surface area contributed by atoms with Crippen molar-refractivity contribution in [2.45, 2.75) is 33.3 Å². The van der Waals surface area contributed by atoms with Crippen molar-refractivity contribution < 1.29 is 9.63 Å². The second kappa shape index (κ2) is 6.50. The Kier molecular flexibility index (Phi) is 4.43. The Bertz CT molecular complexity index is 750. The van der Waals surface area contributed by atoms with Crippen LogP contribution < -0.4 is 5.32 Å². The number of hydrogen-bond donors (Lipinski definition) is 1. The van der Waals surface area contributed by atoms with Gasteiger partial charge in [0.05, 0.1) is 17.3 Å². The van der Waals surface area contributed by atoms with Gasteiger partial charge in [0, 0.05) is 11.3 Å². The number of nitrogens with zero attached hydrogens (tertiary/aromatic N) is 2. The van der Waals surface area contributed by atoms with Crippen molar-refractivity contribution in [3.8, 4) is 0 Å². The smallest absolute Gasteiger partial charge is 0.271 e. The largest absolute Gasteiger partial charge is 0.390 e. The fourth-order valence-electron chi connectivity index (χ4n) is 2.48. The van der Waals surface area contributed by atoms with Gasteiger partial charge in [-0.2, -0.15) is 0 Å². The average molecular weight is 329 g/mol. The normalized spacial score (nSPS) is 16.8. The summed E-state index contributed by atoms with van der Waals surface area (Å²) >= 11 is 1.53. The number of carbonyl (C=O) groups is 1. The fraction of sp³-hybridized carbons (Fsp3) is 0.353. The second-order valence-corrected chi connectivity index (χ2v) is 7.09. The molecule has 0 fully saturated rings. The van der Waals surface area contributed by atoms with Gasteiger partial charge < -0.3 is 10.2 Å². The summed E-state index contributed by atoms with van der Waals surface area (Å²) in [6, 6.07) is 8.19. The molecule has 0 aliphatic carbocycles. The number of nitrogens with one attached hydrogen (secondary N) is 1. The lowest BCUT2D eigenvalue weighted by atomic mass is 10.0. The van der Waals surface area contributed by atoms with Gasteiger partial charge in [0.15, 0.2) is 0 Å². The van der Waals surface area contributed by atoms with Gasteiger partial charge in [-0.3, -0.25) is 4.79 Å². The van der Waals surface area contributed by atoms with Crippen LogP contribution in [-0.2, 0) is 4.84 Å². The molecule has 0 saturated carbocycles. The van der Waals surface area contributed by atoms with Gasteiger partial charge in [0.1, 0.15) is 11.8 Å². The number of carbonyl (C=O) groups excluding carboxylic acids is 1. The first-order valence-electron chi connectivity index (χ1n) is 7.55. The molecule has 0 bridgehead atoms. The van der Waals surface area contributed by atoms with Crippen molar-refractivity contribution in [1.29, 1.82) is 0 Å². The molecule has 1 N–H and O–H groups in total. The van der Waals surface area contributed by atoms with Crippen LogP contribution in [0.3, 0.4) is 0 Å². The van der Waals surface area contributed by atoms with Gasteiger partial charge in [-0.25, -0.2) is 4.98 Å². The van der Waals surface area contributed by atoms with E-state index in [0.717, 1.165) is 21.2 Å². The average Bonchev–Trinajstić information content (AvgIpc) is 3.12. The number of amides is 1. The first-order valence-corrected chi connectivity index (χ1v) is 8.36. The molecule has 1 unspecified atom stereocenters. The number of oxime groups is 1. The Balaban J connectivity index is 1.54. The van der Waals surface area contributed by atoms with Crippen LogP contribution in [0.2, 0.25) is 0 Å². The first-order chi connectivity index (χ1) is 11.0. The summed E-state index contributed by atoms with van der Waals surface area (Å²) in [6.07, 6.45) is 0.564. The van der Waals surface area contributed by atoms with E-state index in [2.05, 4.69) is 34.5 Å². The minimum absolute atomic E-state index is 0.129. The van der Waals surface area contributed by atoms with E-state index in [1.165, 1.54) is 16.9 Å². The lowest BCUT2D eigenvalue weighted by Gasteiger charge is -2.09. The number of aromatic nitrogens is 1. The van der Waals surface area contributed by atoms with Crippen molar-refractivity contribution in [3.63, 3.8) is 0 Å². The molecule has 0 saturated heterocycles. The molecular formula is C17H19N3O2S. The predicted molar refractivity (Wildman–Crippen MR) is 91.1 cm³/mol. The van der Waals surface area contributed by atoms with Crippen LogP contribution in [0.25, 0.3) is 0 Å². The van der Waals surface area contributed by atoms with Crippen LogP contribution in [0.15, 0.2) is 29.4 Å². The lowest BCUT2D eigenvalue weighted by Crippen LogP contribution is -2.32. The van der Waals surface area contributed by atoms with Crippen molar-refractivity contribution in [1.82, 2.24) is 10.3 Å². The summed E-state index contributed by atoms with van der Waals surface area (Å²) in [5.41, 5.74) is 3.71. The standard InChI is InChI=1S/C17H19N3O2S/c1-10-4-6-13(7-5-10)15-8-14(22-20-15)9-18-17(21)16-11(2)23-12(3)19-16/h4-7,14H,8-9H2,1-3H3,(H,18,21). The van der Waals surface area contributed by atoms with Gasteiger partial charge in [-0.05, 0) is 26.3 Å². The van der Waals surface area contributed by atoms with E-state index in [4.69, 9.17) is 4.84 Å². The number of benzene rings is 1. The molecule has 0 spiro atoms. The van der Waals surface area contributed by atoms with Crippen LogP contribution in [0, 0.1) is 20.8 Å². The van der Waals surface area contributed by atoms with E-state index >= 15 is 0 Å². The van der Waals surface area contributed by atoms with E-state index in [1.54, 1.807) is 0 Å². The van der Waals surface area contributed by atoms with Crippen LogP contribution in [0.4, 0.5) is 0 Å². The first kappa shape index (κ1) is 15.7. The molecule has 1 aromatic carbocycles. The maximum atomic E-state index is 12.2. The molecule has 1 aliphatic rings. The minimum Gasteiger partial charge on any atom is -0.390 e. The summed E-state index contributed by atoms with van der Waals surface area (Å²) in [7, 11) is 0. The molecular weight excluding hydrogens is 310 g/mol. The third kappa shape index (κ3) is 3.59. The van der Waals surface area contributed by atoms with Crippen LogP contribution >= 0.6 is 11.3 Å². The molecule has 1 aliphatic heterocycles. The van der Waals surface area contributed by atoms with Crippen molar-refractivity contribution in [2.75, 3.05) is 6.54 Å². The van der Waals surface area contributed by atoms with E-state index in [1.807, 2.05) is 26.0 Å². The molecule has 5 nitrogen and oxygen atoms in total. The monoisotopic (exact) mass is 329 g/mol. The van der Waals surface area contributed by atoms with Gasteiger partial charge >= 0.3 is 0 Å². The van der Waals surface area contributed by atoms with Gasteiger partial charge in [0.2, 0.25) is 0 Å². The van der Waals surface area contributed by atoms with Crippen LogP contribution in [0.1, 0.15) is 37.9 Å². The summed E-state index contributed by atoms with van der Waals surface area (Å²) in [4.78, 5) is 22.8. The van der Waals surface area contributed by atoms with E-state index in [0.29, 0.717) is 18.7 Å². The quantitative estimate of drug-likeness (QED) is 0.938. The molecule has 1 aromatic heterocycles. The lowest BCUT2D eigenvalue weighted by molar-refractivity contribution is 0.0751. The Morgan fingerprint density at radius 3 is 2.70 bits per heavy atom. The van der Waals surface area contributed by atoms with E-state index in [9.17, 15) is 4.79 Å². The van der Waals surface area contributed by atoms with E-state index in [-0.39, 0.29) is 12.0 Å². The summed E-state index contributed by atoms with van der Waals surface area (Å²) in [5, 5.41) is 7.92. The van der Waals surface area contributed by atoms with Crippen molar-refractivity contribution in [2.24, 2.45) is 5.16 Å². The third-order valence-corrected chi connectivity index (χ3v) is 4.61. The SMILES string of the molecule is Cc1ccc(C2=NOC(CNC(=O)c3nc(C)sc3C)C2)cc1. The summed E-state index contributed by atoms with van der Waals surface area (Å²) in [6.45, 7) is 6.28. The van der Waals surface area contributed by atoms with Gasteiger partial charge in [-0.1, -0.05) is 35.0 Å². The molecule has 2 aromatic rings. The zero-order chi connectivity index (χ0) is 16.4. The van der Waals surface area contributed by atoms with E-state index < -0.39 is 0 Å². The zero-order valence-corrected chi connectivity index (χ0v) is 14.2. The van der Waals surface area contributed by atoms with Crippen LogP contribution in [0.5, 0.6) is 0 Å². The highest BCUT2D eigenvalue weighted by molar-refractivity contribution is 7.11. The number of hydrogen-bond acceptors (Lipinski definition) is 5. The molecule has 120 valence electrons. The molecule has 2 heterocycles. The second-order valence-electron chi connectivity index (χ2n) is 5.68. The topological polar surface area (TPSA) is 63.6 Å². The highest BCUT2D eigenvalue weighted by atomic mass is 32.1. The van der Waals surface area contributed by atoms with Gasteiger partial charge in [0.25, 0.3) is 5.91 Å². The Hall–Kier alpha value is -2.21. The third-order valence-electron chi connectivity index (χ3n) is 3.73.